The van der Waals surface area contributed by atoms with Crippen molar-refractivity contribution in [3.8, 4) is 0 Å². The smallest absolute Gasteiger partial charge is 0.209 e. The van der Waals surface area contributed by atoms with E-state index in [4.69, 9.17) is 0 Å². The van der Waals surface area contributed by atoms with Crippen molar-refractivity contribution in [1.82, 2.24) is 19.4 Å². The average molecular weight is 326 g/mol. The molecule has 1 fully saturated rings. The van der Waals surface area contributed by atoms with Crippen molar-refractivity contribution < 1.29 is 8.42 Å². The van der Waals surface area contributed by atoms with Crippen molar-refractivity contribution >= 4 is 10.0 Å². The lowest BCUT2D eigenvalue weighted by Gasteiger charge is -2.17. The summed E-state index contributed by atoms with van der Waals surface area (Å²) in [5.74, 6) is 0.378. The van der Waals surface area contributed by atoms with Crippen LogP contribution in [0.15, 0.2) is 25.0 Å². The topological polar surface area (TPSA) is 67.2 Å². The molecular weight excluding hydrogens is 300 g/mol. The van der Waals surface area contributed by atoms with Crippen LogP contribution in [0.2, 0.25) is 0 Å². The Balaban J connectivity index is 1.98. The van der Waals surface area contributed by atoms with Crippen LogP contribution in [0.3, 0.4) is 0 Å². The molecule has 2 unspecified atom stereocenters. The van der Waals surface area contributed by atoms with Gasteiger partial charge < -0.3 is 0 Å². The van der Waals surface area contributed by atoms with Gasteiger partial charge in [-0.05, 0) is 12.3 Å². The second kappa shape index (κ2) is 7.39. The number of aromatic nitrogens is 2. The SMILES string of the molecule is C=CCn1cc(CN2CC(CCC)C(NS(C)(=O)=O)C2)cn1. The molecule has 22 heavy (non-hydrogen) atoms. The van der Waals surface area contributed by atoms with E-state index in [9.17, 15) is 8.42 Å². The van der Waals surface area contributed by atoms with Crippen LogP contribution in [0.25, 0.3) is 0 Å². The predicted molar refractivity (Wildman–Crippen MR) is 87.9 cm³/mol. The second-order valence-corrected chi connectivity index (χ2v) is 7.88. The number of nitrogens with zero attached hydrogens (tertiary/aromatic N) is 3. The standard InChI is InChI=1S/C15H26N4O2S/c1-4-6-14-11-18(12-15(14)17-22(3,20)21)9-13-8-16-19(10-13)7-5-2/h5,8,10,14-15,17H,2,4,6-7,9,11-12H2,1,3H3. The van der Waals surface area contributed by atoms with E-state index in [1.54, 1.807) is 0 Å². The summed E-state index contributed by atoms with van der Waals surface area (Å²) in [6.45, 7) is 9.03. The minimum absolute atomic E-state index is 0.0122. The lowest BCUT2D eigenvalue weighted by atomic mass is 9.99. The van der Waals surface area contributed by atoms with Gasteiger partial charge >= 0.3 is 0 Å². The molecule has 6 nitrogen and oxygen atoms in total. The maximum atomic E-state index is 11.5. The first-order valence-electron chi connectivity index (χ1n) is 7.73. The summed E-state index contributed by atoms with van der Waals surface area (Å²) in [6.07, 6.45) is 9.05. The third-order valence-electron chi connectivity index (χ3n) is 3.95. The number of rotatable bonds is 8. The Kier molecular flexibility index (Phi) is 5.77. The molecule has 1 aliphatic heterocycles. The normalized spacial score (nSPS) is 23.0. The van der Waals surface area contributed by atoms with Crippen LogP contribution in [-0.4, -0.2) is 48.5 Å². The van der Waals surface area contributed by atoms with Crippen LogP contribution >= 0.6 is 0 Å². The number of hydrogen-bond acceptors (Lipinski definition) is 4. The van der Waals surface area contributed by atoms with E-state index < -0.39 is 10.0 Å². The van der Waals surface area contributed by atoms with Gasteiger partial charge in [0.25, 0.3) is 0 Å². The Morgan fingerprint density at radius 2 is 2.27 bits per heavy atom. The fraction of sp³-hybridized carbons (Fsp3) is 0.667. The highest BCUT2D eigenvalue weighted by molar-refractivity contribution is 7.88. The van der Waals surface area contributed by atoms with Gasteiger partial charge in [0.05, 0.1) is 19.0 Å². The van der Waals surface area contributed by atoms with E-state index in [-0.39, 0.29) is 6.04 Å². The summed E-state index contributed by atoms with van der Waals surface area (Å²) >= 11 is 0. The zero-order valence-electron chi connectivity index (χ0n) is 13.4. The molecule has 0 amide bonds. The number of likely N-dealkylation sites (tertiary alicyclic amines) is 1. The molecule has 0 radical (unpaired) electrons. The molecule has 2 heterocycles. The number of allylic oxidation sites excluding steroid dienone is 1. The highest BCUT2D eigenvalue weighted by atomic mass is 32.2. The molecule has 2 atom stereocenters. The van der Waals surface area contributed by atoms with Crippen molar-refractivity contribution in [3.63, 3.8) is 0 Å². The summed E-state index contributed by atoms with van der Waals surface area (Å²) in [5.41, 5.74) is 1.15. The van der Waals surface area contributed by atoms with E-state index >= 15 is 0 Å². The van der Waals surface area contributed by atoms with E-state index in [1.165, 1.54) is 6.26 Å². The molecule has 7 heteroatoms. The summed E-state index contributed by atoms with van der Waals surface area (Å²) in [4.78, 5) is 2.30. The highest BCUT2D eigenvalue weighted by Crippen LogP contribution is 2.23. The Morgan fingerprint density at radius 3 is 2.91 bits per heavy atom. The van der Waals surface area contributed by atoms with Crippen molar-refractivity contribution in [1.29, 1.82) is 0 Å². The van der Waals surface area contributed by atoms with Gasteiger partial charge in [0, 0.05) is 37.4 Å². The van der Waals surface area contributed by atoms with Gasteiger partial charge in [0.2, 0.25) is 10.0 Å². The highest BCUT2D eigenvalue weighted by Gasteiger charge is 2.33. The zero-order chi connectivity index (χ0) is 16.2. The third-order valence-corrected chi connectivity index (χ3v) is 4.68. The van der Waals surface area contributed by atoms with Gasteiger partial charge in [-0.3, -0.25) is 9.58 Å². The summed E-state index contributed by atoms with van der Waals surface area (Å²) in [7, 11) is -3.16. The summed E-state index contributed by atoms with van der Waals surface area (Å²) in [6, 6.07) is 0.0122. The molecule has 0 aromatic carbocycles. The first-order chi connectivity index (χ1) is 10.4. The minimum atomic E-state index is -3.16. The first-order valence-corrected chi connectivity index (χ1v) is 9.62. The Morgan fingerprint density at radius 1 is 1.50 bits per heavy atom. The van der Waals surface area contributed by atoms with E-state index in [0.717, 1.165) is 38.0 Å². The molecule has 1 aromatic rings. The van der Waals surface area contributed by atoms with Crippen LogP contribution in [-0.2, 0) is 23.1 Å². The largest absolute Gasteiger partial charge is 0.297 e. The molecule has 124 valence electrons. The first kappa shape index (κ1) is 17.2. The van der Waals surface area contributed by atoms with Gasteiger partial charge in [-0.15, -0.1) is 6.58 Å². The van der Waals surface area contributed by atoms with Crippen LogP contribution in [0.1, 0.15) is 25.3 Å². The zero-order valence-corrected chi connectivity index (χ0v) is 14.2. The second-order valence-electron chi connectivity index (χ2n) is 6.10. The maximum Gasteiger partial charge on any atom is 0.209 e. The van der Waals surface area contributed by atoms with Crippen molar-refractivity contribution in [3.05, 3.63) is 30.6 Å². The van der Waals surface area contributed by atoms with Crippen molar-refractivity contribution in [2.24, 2.45) is 5.92 Å². The van der Waals surface area contributed by atoms with E-state index in [1.807, 2.05) is 23.2 Å². The Labute approximate surface area is 133 Å². The van der Waals surface area contributed by atoms with Crippen LogP contribution < -0.4 is 4.72 Å². The minimum Gasteiger partial charge on any atom is -0.297 e. The fourth-order valence-corrected chi connectivity index (χ4v) is 3.96. The molecule has 0 saturated carbocycles. The molecular formula is C15H26N4O2S. The molecule has 1 aliphatic rings. The van der Waals surface area contributed by atoms with Gasteiger partial charge in [-0.1, -0.05) is 19.4 Å². The van der Waals surface area contributed by atoms with E-state index in [2.05, 4.69) is 28.2 Å². The monoisotopic (exact) mass is 326 g/mol. The molecule has 0 bridgehead atoms. The Hall–Kier alpha value is -1.18. The average Bonchev–Trinajstić information content (AvgIpc) is 2.97. The maximum absolute atomic E-state index is 11.5. The molecule has 0 aliphatic carbocycles. The van der Waals surface area contributed by atoms with Gasteiger partial charge in [-0.2, -0.15) is 5.10 Å². The lowest BCUT2D eigenvalue weighted by Crippen LogP contribution is -2.39. The van der Waals surface area contributed by atoms with Gasteiger partial charge in [-0.25, -0.2) is 13.1 Å². The predicted octanol–water partition coefficient (Wildman–Crippen LogP) is 1.22. The molecule has 1 saturated heterocycles. The summed E-state index contributed by atoms with van der Waals surface area (Å²) < 4.78 is 27.7. The van der Waals surface area contributed by atoms with Crippen LogP contribution in [0, 0.1) is 5.92 Å². The quantitative estimate of drug-likeness (QED) is 0.730. The molecule has 0 spiro atoms. The van der Waals surface area contributed by atoms with Gasteiger partial charge in [0.15, 0.2) is 0 Å². The van der Waals surface area contributed by atoms with Crippen LogP contribution in [0.4, 0.5) is 0 Å². The van der Waals surface area contributed by atoms with Gasteiger partial charge in [0.1, 0.15) is 0 Å². The molecule has 1 N–H and O–H groups in total. The molecule has 1 aromatic heterocycles. The number of hydrogen-bond donors (Lipinski definition) is 1. The number of nitrogens with one attached hydrogen (secondary N) is 1. The third kappa shape index (κ3) is 4.93. The fourth-order valence-electron chi connectivity index (χ4n) is 3.14. The van der Waals surface area contributed by atoms with Crippen LogP contribution in [0.5, 0.6) is 0 Å². The number of sulfonamides is 1. The molecule has 2 rings (SSSR count). The van der Waals surface area contributed by atoms with Crippen molar-refractivity contribution in [2.75, 3.05) is 19.3 Å². The lowest BCUT2D eigenvalue weighted by molar-refractivity contribution is 0.312. The Bertz CT molecular complexity index is 596. The van der Waals surface area contributed by atoms with E-state index in [0.29, 0.717) is 12.5 Å². The summed E-state index contributed by atoms with van der Waals surface area (Å²) in [5, 5.41) is 4.29. The van der Waals surface area contributed by atoms with Crippen molar-refractivity contribution in [2.45, 2.75) is 38.9 Å².